The van der Waals surface area contributed by atoms with Crippen LogP contribution in [0.4, 0.5) is 4.32 Å². The lowest BCUT2D eigenvalue weighted by molar-refractivity contribution is 0.794. The standard InChI is InChI=1S/C61H68BFN2/c1-33-23-38(6)50(39(7)24-33)19-21-52-57(54-42(10)27-35(3)28-43(54)11)48(16)60(64-52)59(56-46(14)31-37(5)32-47(56)15)61-49(17)58(55-44(12)29-36(4)30-45(55)13)53(65(61)62(18)63)22-20-51-40(8)25-34(2)26-41(51)9/h19-32H,1-18H3/b21-19+,22-20+,60-59-. The highest BCUT2D eigenvalue weighted by atomic mass is 19.1. The van der Waals surface area contributed by atoms with Crippen LogP contribution >= 0.6 is 0 Å². The number of hydrogen-bond donors (Lipinski definition) is 0. The maximum atomic E-state index is 17.4. The number of hydrogen-bond acceptors (Lipinski definition) is 1. The van der Waals surface area contributed by atoms with Crippen LogP contribution in [0.2, 0.25) is 6.82 Å². The van der Waals surface area contributed by atoms with Crippen LogP contribution in [0.25, 0.3) is 40.5 Å². The number of allylic oxidation sites excluding steroid dienone is 3. The molecule has 5 aromatic carbocycles. The SMILES string of the molecule is CB(F)n1c(/C=C/c2c(C)cc(C)cc2C)c(-c2c(C)cc(C)cc2C)c(C)c1/C(=C1N=C(/C=C/c2c(C)cc(C)cc2C)C(c2c(C)cc(C)cc2C)=C\1C)c1c(C)cc(C)cc1C. The maximum absolute atomic E-state index is 17.4. The monoisotopic (exact) mass is 859 g/mol. The highest BCUT2D eigenvalue weighted by Gasteiger charge is 2.34. The van der Waals surface area contributed by atoms with E-state index in [-0.39, 0.29) is 0 Å². The van der Waals surface area contributed by atoms with E-state index < -0.39 is 7.12 Å². The molecule has 0 atom stereocenters. The van der Waals surface area contributed by atoms with Crippen molar-refractivity contribution in [1.29, 1.82) is 0 Å². The molecule has 65 heavy (non-hydrogen) atoms. The number of nitrogens with zero attached hydrogens (tertiary/aromatic N) is 2. The van der Waals surface area contributed by atoms with E-state index in [1.807, 2.05) is 4.48 Å². The van der Waals surface area contributed by atoms with Gasteiger partial charge in [0.1, 0.15) is 0 Å². The summed E-state index contributed by atoms with van der Waals surface area (Å²) in [6.45, 7) is 38.9. The van der Waals surface area contributed by atoms with Crippen molar-refractivity contribution in [3.63, 3.8) is 0 Å². The third kappa shape index (κ3) is 8.77. The summed E-state index contributed by atoms with van der Waals surface area (Å²) >= 11 is 0. The molecule has 4 heteroatoms. The van der Waals surface area contributed by atoms with Crippen molar-refractivity contribution in [2.75, 3.05) is 0 Å². The van der Waals surface area contributed by atoms with Crippen molar-refractivity contribution < 1.29 is 4.32 Å². The molecular weight excluding hydrogens is 790 g/mol. The van der Waals surface area contributed by atoms with E-state index >= 15 is 4.32 Å². The van der Waals surface area contributed by atoms with E-state index in [9.17, 15) is 0 Å². The largest absolute Gasteiger partial charge is 0.462 e. The van der Waals surface area contributed by atoms with Crippen molar-refractivity contribution in [2.45, 2.75) is 125 Å². The predicted octanol–water partition coefficient (Wildman–Crippen LogP) is 16.6. The summed E-state index contributed by atoms with van der Waals surface area (Å²) in [6.07, 6.45) is 8.85. The fourth-order valence-corrected chi connectivity index (χ4v) is 11.4. The smallest absolute Gasteiger partial charge is 0.355 e. The first-order valence-electron chi connectivity index (χ1n) is 23.3. The molecule has 0 bridgehead atoms. The lowest BCUT2D eigenvalue weighted by Crippen LogP contribution is -2.20. The second-order valence-corrected chi connectivity index (χ2v) is 19.5. The van der Waals surface area contributed by atoms with Gasteiger partial charge in [-0.2, -0.15) is 0 Å². The third-order valence-electron chi connectivity index (χ3n) is 13.6. The Labute approximate surface area is 390 Å². The molecule has 6 aromatic rings. The van der Waals surface area contributed by atoms with Crippen LogP contribution < -0.4 is 0 Å². The van der Waals surface area contributed by atoms with E-state index in [0.717, 1.165) is 78.5 Å². The lowest BCUT2D eigenvalue weighted by atomic mass is 9.83. The molecule has 0 saturated carbocycles. The van der Waals surface area contributed by atoms with E-state index in [1.165, 1.54) is 83.5 Å². The maximum Gasteiger partial charge on any atom is 0.462 e. The molecule has 1 aromatic heterocycles. The van der Waals surface area contributed by atoms with Gasteiger partial charge in [-0.05, 0) is 231 Å². The Kier molecular flexibility index (Phi) is 13.1. The molecule has 0 amide bonds. The Hall–Kier alpha value is -6.00. The van der Waals surface area contributed by atoms with Gasteiger partial charge < -0.3 is 8.79 Å². The number of halogens is 1. The number of benzene rings is 5. The highest BCUT2D eigenvalue weighted by Crippen LogP contribution is 2.48. The summed E-state index contributed by atoms with van der Waals surface area (Å²) in [5.74, 6) is 0. The number of aryl methyl sites for hydroxylation is 15. The Morgan fingerprint density at radius 3 is 1.25 bits per heavy atom. The zero-order valence-electron chi connectivity index (χ0n) is 42.4. The molecule has 0 saturated heterocycles. The Balaban J connectivity index is 1.70. The van der Waals surface area contributed by atoms with E-state index in [4.69, 9.17) is 4.99 Å². The van der Waals surface area contributed by atoms with Crippen LogP contribution in [0.15, 0.2) is 83.0 Å². The first-order valence-corrected chi connectivity index (χ1v) is 23.3. The molecule has 0 radical (unpaired) electrons. The summed E-state index contributed by atoms with van der Waals surface area (Å²) in [7, 11) is -1.37. The third-order valence-corrected chi connectivity index (χ3v) is 13.6. The van der Waals surface area contributed by atoms with Gasteiger partial charge in [-0.1, -0.05) is 101 Å². The number of aromatic nitrogens is 1. The van der Waals surface area contributed by atoms with Crippen molar-refractivity contribution in [2.24, 2.45) is 4.99 Å². The molecule has 0 spiro atoms. The fraction of sp³-hybridized carbons (Fsp3) is 0.295. The summed E-state index contributed by atoms with van der Waals surface area (Å²) in [5.41, 5.74) is 32.6. The summed E-state index contributed by atoms with van der Waals surface area (Å²) in [4.78, 5) is 5.79. The fourth-order valence-electron chi connectivity index (χ4n) is 11.4. The molecule has 0 aliphatic carbocycles. The van der Waals surface area contributed by atoms with E-state index in [2.05, 4.69) is 203 Å². The average molecular weight is 859 g/mol. The van der Waals surface area contributed by atoms with Crippen LogP contribution in [0.1, 0.15) is 130 Å². The quantitative estimate of drug-likeness (QED) is 0.129. The predicted molar refractivity (Wildman–Crippen MR) is 284 cm³/mol. The number of rotatable bonds is 9. The molecule has 2 heterocycles. The molecular formula is C61H68BFN2. The normalized spacial score (nSPS) is 13.9. The van der Waals surface area contributed by atoms with Crippen molar-refractivity contribution >= 4 is 42.2 Å². The molecule has 0 N–H and O–H groups in total. The van der Waals surface area contributed by atoms with Crippen LogP contribution in [-0.4, -0.2) is 17.3 Å². The van der Waals surface area contributed by atoms with Gasteiger partial charge in [-0.15, -0.1) is 0 Å². The lowest BCUT2D eigenvalue weighted by Gasteiger charge is -2.22. The van der Waals surface area contributed by atoms with Gasteiger partial charge in [-0.3, -0.25) is 0 Å². The zero-order chi connectivity index (χ0) is 47.5. The number of aliphatic imine (C=N–C) groups is 1. The summed E-state index contributed by atoms with van der Waals surface area (Å²) in [6, 6.07) is 22.6. The topological polar surface area (TPSA) is 17.3 Å². The van der Waals surface area contributed by atoms with Crippen molar-refractivity contribution in [1.82, 2.24) is 4.48 Å². The van der Waals surface area contributed by atoms with Gasteiger partial charge in [0.05, 0.1) is 11.4 Å². The molecule has 7 rings (SSSR count). The van der Waals surface area contributed by atoms with Crippen molar-refractivity contribution in [3.05, 3.63) is 201 Å². The first-order chi connectivity index (χ1) is 30.6. The minimum Gasteiger partial charge on any atom is -0.355 e. The van der Waals surface area contributed by atoms with Gasteiger partial charge in [0, 0.05) is 28.1 Å². The van der Waals surface area contributed by atoms with Crippen LogP contribution in [0, 0.1) is 111 Å². The van der Waals surface area contributed by atoms with E-state index in [1.54, 1.807) is 6.82 Å². The van der Waals surface area contributed by atoms with Gasteiger partial charge in [0.25, 0.3) is 0 Å². The van der Waals surface area contributed by atoms with Gasteiger partial charge in [0.15, 0.2) is 0 Å². The van der Waals surface area contributed by atoms with Gasteiger partial charge in [0.2, 0.25) is 0 Å². The summed E-state index contributed by atoms with van der Waals surface area (Å²) < 4.78 is 19.4. The second-order valence-electron chi connectivity index (χ2n) is 19.5. The Bertz CT molecular complexity index is 3000. The summed E-state index contributed by atoms with van der Waals surface area (Å²) in [5, 5.41) is 0. The van der Waals surface area contributed by atoms with Crippen LogP contribution in [0.3, 0.4) is 0 Å². The zero-order valence-corrected chi connectivity index (χ0v) is 42.4. The minimum atomic E-state index is -1.37. The molecule has 2 nitrogen and oxygen atoms in total. The van der Waals surface area contributed by atoms with Crippen molar-refractivity contribution in [3.8, 4) is 11.1 Å². The Morgan fingerprint density at radius 1 is 0.462 bits per heavy atom. The molecule has 0 fully saturated rings. The Morgan fingerprint density at radius 2 is 0.831 bits per heavy atom. The molecule has 1 aliphatic rings. The molecule has 0 unspecified atom stereocenters. The average Bonchev–Trinajstić information content (AvgIpc) is 3.63. The van der Waals surface area contributed by atoms with Crippen LogP contribution in [0.5, 0.6) is 0 Å². The second kappa shape index (κ2) is 18.1. The molecule has 332 valence electrons. The van der Waals surface area contributed by atoms with Gasteiger partial charge >= 0.3 is 7.12 Å². The minimum absolute atomic E-state index is 0.849. The van der Waals surface area contributed by atoms with E-state index in [0.29, 0.717) is 0 Å². The van der Waals surface area contributed by atoms with Crippen LogP contribution in [-0.2, 0) is 0 Å². The van der Waals surface area contributed by atoms with Gasteiger partial charge in [-0.25, -0.2) is 4.99 Å². The first kappa shape index (κ1) is 47.0. The highest BCUT2D eigenvalue weighted by molar-refractivity contribution is 6.49. The molecule has 1 aliphatic heterocycles.